The summed E-state index contributed by atoms with van der Waals surface area (Å²) in [5.41, 5.74) is 2.81. The van der Waals surface area contributed by atoms with Gasteiger partial charge in [0, 0.05) is 12.0 Å². The number of benzene rings is 1. The van der Waals surface area contributed by atoms with Crippen LogP contribution in [0.25, 0.3) is 0 Å². The van der Waals surface area contributed by atoms with E-state index in [1.165, 1.54) is 24.0 Å². The fraction of sp³-hybridized carbons (Fsp3) is 0.444. The molecule has 1 heterocycles. The van der Waals surface area contributed by atoms with Crippen LogP contribution in [0, 0.1) is 12.8 Å². The summed E-state index contributed by atoms with van der Waals surface area (Å²) in [5, 5.41) is 7.07. The number of hydrogen-bond donors (Lipinski definition) is 1. The van der Waals surface area contributed by atoms with Crippen molar-refractivity contribution >= 4 is 5.91 Å². The van der Waals surface area contributed by atoms with E-state index in [9.17, 15) is 4.79 Å². The van der Waals surface area contributed by atoms with E-state index in [0.717, 1.165) is 18.6 Å². The summed E-state index contributed by atoms with van der Waals surface area (Å²) < 4.78 is 5.28. The van der Waals surface area contributed by atoms with Crippen LogP contribution in [0.2, 0.25) is 0 Å². The van der Waals surface area contributed by atoms with Crippen molar-refractivity contribution in [1.82, 2.24) is 10.5 Å². The van der Waals surface area contributed by atoms with Crippen molar-refractivity contribution < 1.29 is 9.32 Å². The van der Waals surface area contributed by atoms with E-state index >= 15 is 0 Å². The molecule has 22 heavy (non-hydrogen) atoms. The molecule has 4 rings (SSSR count). The van der Waals surface area contributed by atoms with Crippen LogP contribution in [0.4, 0.5) is 0 Å². The molecule has 0 unspecified atom stereocenters. The number of aryl methyl sites for hydroxylation is 1. The zero-order chi connectivity index (χ0) is 15.1. The predicted molar refractivity (Wildman–Crippen MR) is 82.6 cm³/mol. The van der Waals surface area contributed by atoms with Gasteiger partial charge in [-0.15, -0.1) is 0 Å². The van der Waals surface area contributed by atoms with Crippen molar-refractivity contribution in [2.45, 2.75) is 44.6 Å². The minimum Gasteiger partial charge on any atom is -0.360 e. The molecule has 1 aromatic carbocycles. The number of nitrogens with zero attached hydrogens (tertiary/aromatic N) is 1. The van der Waals surface area contributed by atoms with Gasteiger partial charge in [-0.25, -0.2) is 0 Å². The molecule has 4 heteroatoms. The molecule has 0 spiro atoms. The van der Waals surface area contributed by atoms with Crippen LogP contribution < -0.4 is 5.32 Å². The Morgan fingerprint density at radius 3 is 2.59 bits per heavy atom. The molecule has 1 N–H and O–H groups in total. The van der Waals surface area contributed by atoms with E-state index < -0.39 is 0 Å². The highest BCUT2D eigenvalue weighted by atomic mass is 16.5. The lowest BCUT2D eigenvalue weighted by molar-refractivity contribution is 0.0922. The van der Waals surface area contributed by atoms with Gasteiger partial charge in [0.15, 0.2) is 5.69 Å². The molecule has 0 aliphatic heterocycles. The number of carbonyl (C=O) groups is 1. The molecule has 1 aromatic heterocycles. The highest BCUT2D eigenvalue weighted by Gasteiger charge is 2.34. The van der Waals surface area contributed by atoms with Gasteiger partial charge in [0.05, 0.1) is 6.04 Å². The lowest BCUT2D eigenvalue weighted by Crippen LogP contribution is -2.30. The summed E-state index contributed by atoms with van der Waals surface area (Å²) in [6.07, 6.45) is 4.63. The van der Waals surface area contributed by atoms with Gasteiger partial charge >= 0.3 is 0 Å². The molecule has 2 aliphatic rings. The molecule has 2 saturated carbocycles. The topological polar surface area (TPSA) is 55.1 Å². The summed E-state index contributed by atoms with van der Waals surface area (Å²) in [7, 11) is 0. The number of amides is 1. The molecular formula is C18H20N2O2. The number of hydrogen-bond acceptors (Lipinski definition) is 3. The minimum atomic E-state index is -0.131. The van der Waals surface area contributed by atoms with Gasteiger partial charge in [0.25, 0.3) is 5.91 Å². The van der Waals surface area contributed by atoms with Crippen LogP contribution >= 0.6 is 0 Å². The standard InChI is InChI=1S/C18H20N2O2/c1-11-2-4-13(5-3-11)17(14-8-9-14)19-18(21)15-10-16(22-20-15)12-6-7-12/h2-5,10,12,14,17H,6-9H2,1H3,(H,19,21)/t17-/m0/s1. The highest BCUT2D eigenvalue weighted by molar-refractivity contribution is 5.92. The molecule has 0 bridgehead atoms. The van der Waals surface area contributed by atoms with Gasteiger partial charge in [0.2, 0.25) is 0 Å². The van der Waals surface area contributed by atoms with E-state index in [4.69, 9.17) is 4.52 Å². The van der Waals surface area contributed by atoms with Crippen molar-refractivity contribution in [3.05, 3.63) is 52.9 Å². The Labute approximate surface area is 129 Å². The van der Waals surface area contributed by atoms with Crippen LogP contribution in [0.3, 0.4) is 0 Å². The summed E-state index contributed by atoms with van der Waals surface area (Å²) in [4.78, 5) is 12.5. The van der Waals surface area contributed by atoms with Gasteiger partial charge < -0.3 is 9.84 Å². The molecule has 0 radical (unpaired) electrons. The maximum atomic E-state index is 12.5. The lowest BCUT2D eigenvalue weighted by atomic mass is 10.0. The molecule has 1 amide bonds. The van der Waals surface area contributed by atoms with E-state index in [1.807, 2.05) is 0 Å². The van der Waals surface area contributed by atoms with Crippen molar-refractivity contribution in [3.8, 4) is 0 Å². The summed E-state index contributed by atoms with van der Waals surface area (Å²) in [6.45, 7) is 2.07. The lowest BCUT2D eigenvalue weighted by Gasteiger charge is -2.18. The molecule has 114 valence electrons. The fourth-order valence-electron chi connectivity index (χ4n) is 2.85. The molecule has 2 aromatic rings. The Hall–Kier alpha value is -2.10. The molecule has 1 atom stereocenters. The predicted octanol–water partition coefficient (Wildman–Crippen LogP) is 3.74. The highest BCUT2D eigenvalue weighted by Crippen LogP contribution is 2.42. The zero-order valence-corrected chi connectivity index (χ0v) is 12.7. The summed E-state index contributed by atoms with van der Waals surface area (Å²) in [6, 6.07) is 10.3. The maximum absolute atomic E-state index is 12.5. The Balaban J connectivity index is 1.50. The van der Waals surface area contributed by atoms with Gasteiger partial charge in [-0.05, 0) is 44.1 Å². The van der Waals surface area contributed by atoms with Crippen LogP contribution in [-0.2, 0) is 0 Å². The molecule has 0 saturated heterocycles. The third-order valence-corrected chi connectivity index (χ3v) is 4.56. The first kappa shape index (κ1) is 13.6. The molecular weight excluding hydrogens is 276 g/mol. The van der Waals surface area contributed by atoms with Crippen molar-refractivity contribution in [1.29, 1.82) is 0 Å². The number of nitrogens with one attached hydrogen (secondary N) is 1. The Bertz CT molecular complexity index is 681. The largest absolute Gasteiger partial charge is 0.360 e. The average molecular weight is 296 g/mol. The third-order valence-electron chi connectivity index (χ3n) is 4.56. The first-order chi connectivity index (χ1) is 10.7. The van der Waals surface area contributed by atoms with Gasteiger partial charge in [-0.2, -0.15) is 0 Å². The number of rotatable bonds is 5. The first-order valence-electron chi connectivity index (χ1n) is 8.05. The maximum Gasteiger partial charge on any atom is 0.273 e. The fourth-order valence-corrected chi connectivity index (χ4v) is 2.85. The van der Waals surface area contributed by atoms with Crippen LogP contribution in [0.5, 0.6) is 0 Å². The monoisotopic (exact) mass is 296 g/mol. The third kappa shape index (κ3) is 2.78. The van der Waals surface area contributed by atoms with E-state index in [-0.39, 0.29) is 11.9 Å². The number of aromatic nitrogens is 1. The normalized spacial score (nSPS) is 19.0. The van der Waals surface area contributed by atoms with Gasteiger partial charge in [0.1, 0.15) is 5.76 Å². The quantitative estimate of drug-likeness (QED) is 0.914. The van der Waals surface area contributed by atoms with Crippen molar-refractivity contribution in [2.75, 3.05) is 0 Å². The van der Waals surface area contributed by atoms with Crippen LogP contribution in [0.15, 0.2) is 34.9 Å². The second-order valence-corrected chi connectivity index (χ2v) is 6.59. The van der Waals surface area contributed by atoms with E-state index in [2.05, 4.69) is 41.7 Å². The molecule has 4 nitrogen and oxygen atoms in total. The van der Waals surface area contributed by atoms with Crippen molar-refractivity contribution in [3.63, 3.8) is 0 Å². The van der Waals surface area contributed by atoms with Gasteiger partial charge in [-0.1, -0.05) is 35.0 Å². The second kappa shape index (κ2) is 5.27. The Morgan fingerprint density at radius 2 is 1.95 bits per heavy atom. The molecule has 2 fully saturated rings. The van der Waals surface area contributed by atoms with Gasteiger partial charge in [-0.3, -0.25) is 4.79 Å². The summed E-state index contributed by atoms with van der Waals surface area (Å²) >= 11 is 0. The van der Waals surface area contributed by atoms with E-state index in [1.54, 1.807) is 6.07 Å². The Morgan fingerprint density at radius 1 is 1.23 bits per heavy atom. The smallest absolute Gasteiger partial charge is 0.273 e. The number of carbonyl (C=O) groups excluding carboxylic acids is 1. The SMILES string of the molecule is Cc1ccc([C@H](NC(=O)c2cc(C3CC3)on2)C2CC2)cc1. The first-order valence-corrected chi connectivity index (χ1v) is 8.05. The van der Waals surface area contributed by atoms with Crippen LogP contribution in [0.1, 0.15) is 65.0 Å². The average Bonchev–Trinajstić information content (AvgIpc) is 3.45. The van der Waals surface area contributed by atoms with E-state index in [0.29, 0.717) is 17.5 Å². The Kier molecular flexibility index (Phi) is 3.25. The van der Waals surface area contributed by atoms with Crippen LogP contribution in [-0.4, -0.2) is 11.1 Å². The molecule has 2 aliphatic carbocycles. The summed E-state index contributed by atoms with van der Waals surface area (Å²) in [5.74, 6) is 1.74. The zero-order valence-electron chi connectivity index (χ0n) is 12.7. The van der Waals surface area contributed by atoms with Crippen molar-refractivity contribution in [2.24, 2.45) is 5.92 Å². The minimum absolute atomic E-state index is 0.0779. The second-order valence-electron chi connectivity index (χ2n) is 6.59.